The molecule has 88 valence electrons. The van der Waals surface area contributed by atoms with Gasteiger partial charge in [-0.25, -0.2) is 4.39 Å². The third-order valence-corrected chi connectivity index (χ3v) is 2.67. The molecule has 0 amide bonds. The first-order valence-corrected chi connectivity index (χ1v) is 4.87. The number of halogens is 2. The molecule has 0 saturated carbocycles. The molecule has 0 fully saturated rings. The first-order valence-electron chi connectivity index (χ1n) is 4.49. The van der Waals surface area contributed by atoms with E-state index in [1.165, 1.54) is 6.07 Å². The molecular formula is C10H11ClFNO3. The summed E-state index contributed by atoms with van der Waals surface area (Å²) in [7, 11) is 0. The molecular weight excluding hydrogens is 237 g/mol. The normalized spacial score (nSPS) is 12.5. The third-order valence-electron chi connectivity index (χ3n) is 2.19. The first kappa shape index (κ1) is 12.7. The van der Waals surface area contributed by atoms with Crippen LogP contribution in [0, 0.1) is 12.7 Å². The van der Waals surface area contributed by atoms with E-state index >= 15 is 0 Å². The minimum absolute atomic E-state index is 0.0364. The van der Waals surface area contributed by atoms with Gasteiger partial charge in [-0.3, -0.25) is 4.79 Å². The molecule has 1 atom stereocenters. The van der Waals surface area contributed by atoms with Crippen LogP contribution in [-0.4, -0.2) is 22.2 Å². The predicted octanol–water partition coefficient (Wildman–Crippen LogP) is 1.45. The quantitative estimate of drug-likeness (QED) is 0.755. The monoisotopic (exact) mass is 247 g/mol. The second-order valence-corrected chi connectivity index (χ2v) is 3.86. The number of phenols is 1. The van der Waals surface area contributed by atoms with E-state index in [2.05, 4.69) is 0 Å². The minimum atomic E-state index is -1.23. The predicted molar refractivity (Wildman–Crippen MR) is 57.1 cm³/mol. The Bertz CT molecular complexity index is 437. The summed E-state index contributed by atoms with van der Waals surface area (Å²) in [4.78, 5) is 10.5. The highest BCUT2D eigenvalue weighted by atomic mass is 35.5. The standard InChI is InChI=1S/C10H11ClFNO3/c1-4-2-5(3-6(13)10(15)16)8(12)9(14)7(4)11/h2,6,14H,3,13H2,1H3,(H,15,16). The van der Waals surface area contributed by atoms with Crippen molar-refractivity contribution in [2.45, 2.75) is 19.4 Å². The average molecular weight is 248 g/mol. The molecule has 1 rings (SSSR count). The number of benzene rings is 1. The van der Waals surface area contributed by atoms with E-state index in [9.17, 15) is 14.3 Å². The van der Waals surface area contributed by atoms with Crippen LogP contribution in [0.15, 0.2) is 6.07 Å². The number of aromatic hydroxyl groups is 1. The Kier molecular flexibility index (Phi) is 3.72. The lowest BCUT2D eigenvalue weighted by Gasteiger charge is -2.11. The number of aliphatic carboxylic acids is 1. The van der Waals surface area contributed by atoms with E-state index in [1.54, 1.807) is 6.92 Å². The molecule has 0 aliphatic heterocycles. The summed E-state index contributed by atoms with van der Waals surface area (Å²) in [5.41, 5.74) is 5.78. The number of hydrogen-bond acceptors (Lipinski definition) is 3. The van der Waals surface area contributed by atoms with Gasteiger partial charge in [0, 0.05) is 6.42 Å². The van der Waals surface area contributed by atoms with Gasteiger partial charge in [0.25, 0.3) is 0 Å². The van der Waals surface area contributed by atoms with Crippen molar-refractivity contribution in [3.63, 3.8) is 0 Å². The summed E-state index contributed by atoms with van der Waals surface area (Å²) in [6.45, 7) is 1.58. The molecule has 0 radical (unpaired) electrons. The van der Waals surface area contributed by atoms with Gasteiger partial charge >= 0.3 is 5.97 Å². The van der Waals surface area contributed by atoms with Gasteiger partial charge in [0.15, 0.2) is 11.6 Å². The van der Waals surface area contributed by atoms with Crippen LogP contribution in [0.1, 0.15) is 11.1 Å². The Morgan fingerprint density at radius 2 is 2.25 bits per heavy atom. The molecule has 1 aromatic rings. The Hall–Kier alpha value is -1.33. The molecule has 16 heavy (non-hydrogen) atoms. The van der Waals surface area contributed by atoms with Gasteiger partial charge in [-0.2, -0.15) is 0 Å². The van der Waals surface area contributed by atoms with E-state index in [-0.39, 0.29) is 17.0 Å². The van der Waals surface area contributed by atoms with Gasteiger partial charge < -0.3 is 15.9 Å². The number of carboxylic acids is 1. The van der Waals surface area contributed by atoms with Crippen molar-refractivity contribution < 1.29 is 19.4 Å². The zero-order valence-electron chi connectivity index (χ0n) is 8.50. The van der Waals surface area contributed by atoms with Gasteiger partial charge in [0.2, 0.25) is 0 Å². The highest BCUT2D eigenvalue weighted by molar-refractivity contribution is 6.32. The van der Waals surface area contributed by atoms with Gasteiger partial charge in [0.05, 0.1) is 5.02 Å². The SMILES string of the molecule is Cc1cc(CC(N)C(=O)O)c(F)c(O)c1Cl. The number of nitrogens with two attached hydrogens (primary N) is 1. The highest BCUT2D eigenvalue weighted by Crippen LogP contribution is 2.32. The number of phenolic OH excluding ortho intramolecular Hbond substituents is 1. The number of carboxylic acid groups (broad SMARTS) is 1. The van der Waals surface area contributed by atoms with Crippen LogP contribution >= 0.6 is 11.6 Å². The number of rotatable bonds is 3. The highest BCUT2D eigenvalue weighted by Gasteiger charge is 2.19. The van der Waals surface area contributed by atoms with Gasteiger partial charge in [-0.05, 0) is 18.1 Å². The van der Waals surface area contributed by atoms with Crippen molar-refractivity contribution in [2.75, 3.05) is 0 Å². The van der Waals surface area contributed by atoms with Crippen LogP contribution in [0.5, 0.6) is 5.75 Å². The fourth-order valence-corrected chi connectivity index (χ4v) is 1.43. The summed E-state index contributed by atoms with van der Waals surface area (Å²) < 4.78 is 13.5. The molecule has 0 spiro atoms. The zero-order valence-corrected chi connectivity index (χ0v) is 9.25. The number of aryl methyl sites for hydroxylation is 1. The number of carbonyl (C=O) groups is 1. The first-order chi connectivity index (χ1) is 7.34. The molecule has 1 aromatic carbocycles. The fourth-order valence-electron chi connectivity index (χ4n) is 1.30. The second-order valence-electron chi connectivity index (χ2n) is 3.48. The molecule has 4 N–H and O–H groups in total. The van der Waals surface area contributed by atoms with E-state index in [1.807, 2.05) is 0 Å². The van der Waals surface area contributed by atoms with E-state index < -0.39 is 23.6 Å². The number of hydrogen-bond donors (Lipinski definition) is 3. The summed E-state index contributed by atoms with van der Waals surface area (Å²) >= 11 is 5.62. The molecule has 0 bridgehead atoms. The lowest BCUT2D eigenvalue weighted by molar-refractivity contribution is -0.138. The maximum atomic E-state index is 13.5. The lowest BCUT2D eigenvalue weighted by Crippen LogP contribution is -2.32. The fraction of sp³-hybridized carbons (Fsp3) is 0.300. The Morgan fingerprint density at radius 3 is 2.75 bits per heavy atom. The smallest absolute Gasteiger partial charge is 0.320 e. The lowest BCUT2D eigenvalue weighted by atomic mass is 10.0. The largest absolute Gasteiger partial charge is 0.504 e. The van der Waals surface area contributed by atoms with Crippen LogP contribution in [0.2, 0.25) is 5.02 Å². The maximum absolute atomic E-state index is 13.5. The average Bonchev–Trinajstić information content (AvgIpc) is 2.22. The molecule has 0 aromatic heterocycles. The van der Waals surface area contributed by atoms with E-state index in [4.69, 9.17) is 22.4 Å². The topological polar surface area (TPSA) is 83.6 Å². The van der Waals surface area contributed by atoms with Crippen LogP contribution in [0.3, 0.4) is 0 Å². The van der Waals surface area contributed by atoms with Crippen molar-refractivity contribution in [1.29, 1.82) is 0 Å². The minimum Gasteiger partial charge on any atom is -0.504 e. The molecule has 0 aliphatic carbocycles. The van der Waals surface area contributed by atoms with Gasteiger partial charge in [0.1, 0.15) is 6.04 Å². The van der Waals surface area contributed by atoms with Crippen LogP contribution in [0.25, 0.3) is 0 Å². The maximum Gasteiger partial charge on any atom is 0.320 e. The van der Waals surface area contributed by atoms with E-state index in [0.717, 1.165) is 0 Å². The molecule has 4 nitrogen and oxygen atoms in total. The summed E-state index contributed by atoms with van der Waals surface area (Å²) in [6.07, 6.45) is -0.202. The summed E-state index contributed by atoms with van der Waals surface area (Å²) in [6, 6.07) is 0.162. The van der Waals surface area contributed by atoms with Crippen molar-refractivity contribution in [3.8, 4) is 5.75 Å². The molecule has 0 heterocycles. The molecule has 0 saturated heterocycles. The molecule has 6 heteroatoms. The van der Waals surface area contributed by atoms with E-state index in [0.29, 0.717) is 5.56 Å². The summed E-state index contributed by atoms with van der Waals surface area (Å²) in [5, 5.41) is 17.8. The van der Waals surface area contributed by atoms with Crippen LogP contribution in [0.4, 0.5) is 4.39 Å². The Balaban J connectivity index is 3.11. The van der Waals surface area contributed by atoms with Crippen molar-refractivity contribution in [3.05, 3.63) is 28.0 Å². The van der Waals surface area contributed by atoms with Crippen molar-refractivity contribution in [2.24, 2.45) is 5.73 Å². The Labute approximate surface area is 96.4 Å². The summed E-state index contributed by atoms with van der Waals surface area (Å²) in [5.74, 6) is -2.83. The van der Waals surface area contributed by atoms with Crippen LogP contribution < -0.4 is 5.73 Å². The zero-order chi connectivity index (χ0) is 12.5. The van der Waals surface area contributed by atoms with Gasteiger partial charge in [-0.1, -0.05) is 17.7 Å². The molecule has 0 aliphatic rings. The van der Waals surface area contributed by atoms with Gasteiger partial charge in [-0.15, -0.1) is 0 Å². The third kappa shape index (κ3) is 2.43. The van der Waals surface area contributed by atoms with Crippen molar-refractivity contribution in [1.82, 2.24) is 0 Å². The second kappa shape index (κ2) is 4.67. The van der Waals surface area contributed by atoms with Crippen LogP contribution in [-0.2, 0) is 11.2 Å². The van der Waals surface area contributed by atoms with Crippen molar-refractivity contribution >= 4 is 17.6 Å². The molecule has 1 unspecified atom stereocenters. The Morgan fingerprint density at radius 1 is 1.69 bits per heavy atom.